The number of pyridine rings is 1. The largest absolute Gasteiger partial charge is 0.399 e. The maximum atomic E-state index is 12.6. The van der Waals surface area contributed by atoms with E-state index in [9.17, 15) is 8.42 Å². The molecular weight excluding hydrogens is 286 g/mol. The Kier molecular flexibility index (Phi) is 3.91. The third-order valence-electron chi connectivity index (χ3n) is 3.40. The molecule has 0 aliphatic carbocycles. The highest BCUT2D eigenvalue weighted by molar-refractivity contribution is 7.92. The summed E-state index contributed by atoms with van der Waals surface area (Å²) < 4.78 is 27.7. The van der Waals surface area contributed by atoms with Crippen LogP contribution in [0.5, 0.6) is 0 Å². The molecule has 1 heterocycles. The van der Waals surface area contributed by atoms with Crippen LogP contribution in [-0.4, -0.2) is 13.4 Å². The average molecular weight is 305 g/mol. The molecule has 0 atom stereocenters. The van der Waals surface area contributed by atoms with Crippen molar-refractivity contribution in [3.8, 4) is 0 Å². The van der Waals surface area contributed by atoms with Crippen LogP contribution in [0, 0.1) is 27.7 Å². The topological polar surface area (TPSA) is 85.1 Å². The molecule has 2 rings (SSSR count). The molecule has 0 saturated carbocycles. The molecule has 0 radical (unpaired) electrons. The summed E-state index contributed by atoms with van der Waals surface area (Å²) in [7, 11) is -3.69. The molecule has 0 saturated heterocycles. The SMILES string of the molecule is Cc1ccc(NS(=O)(=O)c2cc(N)cc(C)c2C)c(C)n1. The lowest BCUT2D eigenvalue weighted by Gasteiger charge is -2.14. The summed E-state index contributed by atoms with van der Waals surface area (Å²) in [5.41, 5.74) is 9.67. The van der Waals surface area contributed by atoms with Gasteiger partial charge in [0.25, 0.3) is 10.0 Å². The van der Waals surface area contributed by atoms with Crippen molar-refractivity contribution in [3.05, 3.63) is 46.8 Å². The number of benzene rings is 1. The molecule has 112 valence electrons. The molecular formula is C15H19N3O2S. The van der Waals surface area contributed by atoms with Crippen LogP contribution in [0.2, 0.25) is 0 Å². The number of hydrogen-bond acceptors (Lipinski definition) is 4. The van der Waals surface area contributed by atoms with Gasteiger partial charge in [-0.3, -0.25) is 9.71 Å². The summed E-state index contributed by atoms with van der Waals surface area (Å²) in [6, 6.07) is 6.71. The predicted octanol–water partition coefficient (Wildman–Crippen LogP) is 2.70. The number of nitrogens with one attached hydrogen (secondary N) is 1. The van der Waals surface area contributed by atoms with Gasteiger partial charge in [0.2, 0.25) is 0 Å². The zero-order chi connectivity index (χ0) is 15.8. The van der Waals surface area contributed by atoms with E-state index in [4.69, 9.17) is 5.73 Å². The van der Waals surface area contributed by atoms with E-state index < -0.39 is 10.0 Å². The first-order chi connectivity index (χ1) is 9.70. The summed E-state index contributed by atoms with van der Waals surface area (Å²) in [4.78, 5) is 4.45. The second kappa shape index (κ2) is 5.37. The summed E-state index contributed by atoms with van der Waals surface area (Å²) in [5.74, 6) is 0. The van der Waals surface area contributed by atoms with Crippen LogP contribution in [0.25, 0.3) is 0 Å². The van der Waals surface area contributed by atoms with E-state index >= 15 is 0 Å². The van der Waals surface area contributed by atoms with Gasteiger partial charge in [0.1, 0.15) is 0 Å². The fourth-order valence-corrected chi connectivity index (χ4v) is 3.60. The molecule has 1 aromatic heterocycles. The van der Waals surface area contributed by atoms with Crippen LogP contribution < -0.4 is 10.5 Å². The summed E-state index contributed by atoms with van der Waals surface area (Å²) in [5, 5.41) is 0. The molecule has 2 aromatic rings. The van der Waals surface area contributed by atoms with Gasteiger partial charge in [-0.15, -0.1) is 0 Å². The normalized spacial score (nSPS) is 11.4. The molecule has 0 bridgehead atoms. The Morgan fingerprint density at radius 1 is 1.10 bits per heavy atom. The first-order valence-corrected chi connectivity index (χ1v) is 8.03. The van der Waals surface area contributed by atoms with Gasteiger partial charge < -0.3 is 5.73 Å². The van der Waals surface area contributed by atoms with Crippen LogP contribution in [0.15, 0.2) is 29.2 Å². The smallest absolute Gasteiger partial charge is 0.262 e. The Morgan fingerprint density at radius 2 is 1.76 bits per heavy atom. The lowest BCUT2D eigenvalue weighted by atomic mass is 10.1. The highest BCUT2D eigenvalue weighted by atomic mass is 32.2. The van der Waals surface area contributed by atoms with Gasteiger partial charge in [-0.2, -0.15) is 0 Å². The summed E-state index contributed by atoms with van der Waals surface area (Å²) >= 11 is 0. The van der Waals surface area contributed by atoms with Crippen molar-refractivity contribution in [2.24, 2.45) is 0 Å². The van der Waals surface area contributed by atoms with Crippen molar-refractivity contribution in [1.82, 2.24) is 4.98 Å². The third-order valence-corrected chi connectivity index (χ3v) is 4.89. The maximum absolute atomic E-state index is 12.6. The van der Waals surface area contributed by atoms with Gasteiger partial charge in [-0.1, -0.05) is 0 Å². The van der Waals surface area contributed by atoms with Gasteiger partial charge >= 0.3 is 0 Å². The molecule has 0 fully saturated rings. The lowest BCUT2D eigenvalue weighted by molar-refractivity contribution is 0.600. The molecule has 0 aliphatic heterocycles. The number of nitrogens with two attached hydrogens (primary N) is 1. The number of anilines is 2. The van der Waals surface area contributed by atoms with Gasteiger partial charge in [0.15, 0.2) is 0 Å². The monoisotopic (exact) mass is 305 g/mol. The molecule has 0 aliphatic rings. The zero-order valence-corrected chi connectivity index (χ0v) is 13.4. The Bertz CT molecular complexity index is 799. The van der Waals surface area contributed by atoms with E-state index in [0.29, 0.717) is 22.6 Å². The number of aryl methyl sites for hydroxylation is 3. The van der Waals surface area contributed by atoms with Crippen molar-refractivity contribution >= 4 is 21.4 Å². The number of nitrogen functional groups attached to an aromatic ring is 1. The lowest BCUT2D eigenvalue weighted by Crippen LogP contribution is -2.16. The fourth-order valence-electron chi connectivity index (χ4n) is 2.13. The number of nitrogens with zero attached hydrogens (tertiary/aromatic N) is 1. The van der Waals surface area contributed by atoms with Crippen LogP contribution in [0.3, 0.4) is 0 Å². The number of sulfonamides is 1. The average Bonchev–Trinajstić information content (AvgIpc) is 2.37. The van der Waals surface area contributed by atoms with E-state index in [1.807, 2.05) is 13.8 Å². The van der Waals surface area contributed by atoms with Crippen LogP contribution >= 0.6 is 0 Å². The Morgan fingerprint density at radius 3 is 2.38 bits per heavy atom. The van der Waals surface area contributed by atoms with Crippen molar-refractivity contribution < 1.29 is 8.42 Å². The number of aromatic nitrogens is 1. The van der Waals surface area contributed by atoms with Crippen molar-refractivity contribution in [3.63, 3.8) is 0 Å². The minimum absolute atomic E-state index is 0.194. The van der Waals surface area contributed by atoms with Gasteiger partial charge in [0, 0.05) is 11.4 Å². The first kappa shape index (κ1) is 15.3. The summed E-state index contributed by atoms with van der Waals surface area (Å²) in [6.45, 7) is 7.23. The summed E-state index contributed by atoms with van der Waals surface area (Å²) in [6.07, 6.45) is 0. The molecule has 0 unspecified atom stereocenters. The van der Waals surface area contributed by atoms with E-state index in [2.05, 4.69) is 9.71 Å². The Hall–Kier alpha value is -2.08. The molecule has 3 N–H and O–H groups in total. The highest BCUT2D eigenvalue weighted by Crippen LogP contribution is 2.25. The van der Waals surface area contributed by atoms with Crippen molar-refractivity contribution in [1.29, 1.82) is 0 Å². The van der Waals surface area contributed by atoms with Crippen LogP contribution in [0.4, 0.5) is 11.4 Å². The molecule has 1 aromatic carbocycles. The third kappa shape index (κ3) is 3.16. The van der Waals surface area contributed by atoms with E-state index in [1.165, 1.54) is 6.07 Å². The fraction of sp³-hybridized carbons (Fsp3) is 0.267. The van der Waals surface area contributed by atoms with Gasteiger partial charge in [0.05, 0.1) is 16.3 Å². The number of rotatable bonds is 3. The molecule has 0 spiro atoms. The van der Waals surface area contributed by atoms with Gasteiger partial charge in [-0.05, 0) is 63.1 Å². The van der Waals surface area contributed by atoms with E-state index in [0.717, 1.165) is 11.3 Å². The van der Waals surface area contributed by atoms with E-state index in [-0.39, 0.29) is 4.90 Å². The standard InChI is InChI=1S/C15H19N3O2S/c1-9-7-13(16)8-15(11(9)3)21(19,20)18-14-6-5-10(2)17-12(14)4/h5-8,18H,16H2,1-4H3. The van der Waals surface area contributed by atoms with E-state index in [1.54, 1.807) is 32.0 Å². The quantitative estimate of drug-likeness (QED) is 0.854. The minimum atomic E-state index is -3.69. The van der Waals surface area contributed by atoms with Crippen LogP contribution in [0.1, 0.15) is 22.5 Å². The maximum Gasteiger partial charge on any atom is 0.262 e. The van der Waals surface area contributed by atoms with Crippen molar-refractivity contribution in [2.75, 3.05) is 10.5 Å². The molecule has 6 heteroatoms. The van der Waals surface area contributed by atoms with Gasteiger partial charge in [-0.25, -0.2) is 8.42 Å². The minimum Gasteiger partial charge on any atom is -0.399 e. The number of hydrogen-bond donors (Lipinski definition) is 2. The molecule has 0 amide bonds. The zero-order valence-electron chi connectivity index (χ0n) is 12.6. The predicted molar refractivity (Wildman–Crippen MR) is 84.8 cm³/mol. The van der Waals surface area contributed by atoms with Crippen molar-refractivity contribution in [2.45, 2.75) is 32.6 Å². The second-order valence-corrected chi connectivity index (χ2v) is 6.80. The highest BCUT2D eigenvalue weighted by Gasteiger charge is 2.19. The van der Waals surface area contributed by atoms with Crippen LogP contribution in [-0.2, 0) is 10.0 Å². The Labute approximate surface area is 125 Å². The molecule has 21 heavy (non-hydrogen) atoms. The molecule has 5 nitrogen and oxygen atoms in total. The first-order valence-electron chi connectivity index (χ1n) is 6.54. The Balaban J connectivity index is 2.48. The second-order valence-electron chi connectivity index (χ2n) is 5.15.